The number of ketones is 1. The van der Waals surface area contributed by atoms with E-state index in [1.807, 2.05) is 0 Å². The van der Waals surface area contributed by atoms with Gasteiger partial charge in [0.15, 0.2) is 6.10 Å². The highest BCUT2D eigenvalue weighted by Gasteiger charge is 2.39. The third-order valence-corrected chi connectivity index (χ3v) is 11.2. The topological polar surface area (TPSA) is 206 Å². The first-order chi connectivity index (χ1) is 26.8. The number of aliphatic hydroxyl groups is 4. The van der Waals surface area contributed by atoms with Gasteiger partial charge in [0, 0.05) is 25.2 Å². The monoisotopic (exact) mass is 821 g/mol. The molecule has 0 radical (unpaired) electrons. The molecule has 7 atom stereocenters. The van der Waals surface area contributed by atoms with E-state index in [1.54, 1.807) is 12.2 Å². The second-order valence-corrected chi connectivity index (χ2v) is 17.4. The summed E-state index contributed by atoms with van der Waals surface area (Å²) in [7, 11) is -4.67. The average Bonchev–Trinajstić information content (AvgIpc) is 3.43. The van der Waals surface area contributed by atoms with Gasteiger partial charge in [0.1, 0.15) is 18.5 Å². The predicted molar refractivity (Wildman–Crippen MR) is 216 cm³/mol. The SMILES string of the molecule is CCCCC[C@H](O)/C=C/[C@H]1C(=O)C[C@H](O)[C@@H]1CCCCCCC(=O)OC[C@H](COP(=O)(O)OC[C@@H](O)CO)OC(=O)CCCCCCCCCCCCC(C)C. The fourth-order valence-corrected chi connectivity index (χ4v) is 7.64. The minimum absolute atomic E-state index is 0.00869. The molecule has 1 aliphatic carbocycles. The normalized spacial score (nSPS) is 20.0. The van der Waals surface area contributed by atoms with Crippen molar-refractivity contribution in [2.75, 3.05) is 26.4 Å². The number of hydrogen-bond acceptors (Lipinski definition) is 12. The molecule has 1 aliphatic rings. The number of esters is 2. The van der Waals surface area contributed by atoms with Crippen molar-refractivity contribution >= 4 is 25.5 Å². The highest BCUT2D eigenvalue weighted by Crippen LogP contribution is 2.43. The molecular weight excluding hydrogens is 743 g/mol. The second-order valence-electron chi connectivity index (χ2n) is 16.0. The molecule has 0 heterocycles. The number of hydrogen-bond donors (Lipinski definition) is 5. The molecule has 0 saturated heterocycles. The van der Waals surface area contributed by atoms with Gasteiger partial charge >= 0.3 is 19.8 Å². The first kappa shape index (κ1) is 52.3. The number of Topliss-reactive ketones (excluding diaryl/α,β-unsaturated/α-hetero) is 1. The van der Waals surface area contributed by atoms with Crippen LogP contribution in [0.5, 0.6) is 0 Å². The summed E-state index contributed by atoms with van der Waals surface area (Å²) in [5.41, 5.74) is 0. The van der Waals surface area contributed by atoms with Crippen LogP contribution in [0.1, 0.15) is 168 Å². The van der Waals surface area contributed by atoms with Gasteiger partial charge in [-0.25, -0.2) is 4.57 Å². The van der Waals surface area contributed by atoms with Crippen molar-refractivity contribution in [1.82, 2.24) is 0 Å². The summed E-state index contributed by atoms with van der Waals surface area (Å²) in [5.74, 6) is -0.919. The number of carbonyl (C=O) groups excluding carboxylic acids is 3. The van der Waals surface area contributed by atoms with E-state index < -0.39 is 76.5 Å². The van der Waals surface area contributed by atoms with E-state index in [2.05, 4.69) is 25.3 Å². The molecule has 0 amide bonds. The number of unbranched alkanes of at least 4 members (excludes halogenated alkanes) is 14. The van der Waals surface area contributed by atoms with Crippen LogP contribution in [0.15, 0.2) is 12.2 Å². The Bertz CT molecular complexity index is 1120. The zero-order chi connectivity index (χ0) is 41.6. The van der Waals surface area contributed by atoms with Crippen LogP contribution in [0.3, 0.4) is 0 Å². The molecule has 328 valence electrons. The molecule has 1 unspecified atom stereocenters. The number of allylic oxidation sites excluding steroid dienone is 1. The number of ether oxygens (including phenoxy) is 2. The Morgan fingerprint density at radius 1 is 0.786 bits per heavy atom. The zero-order valence-corrected chi connectivity index (χ0v) is 35.6. The molecule has 0 aromatic heterocycles. The van der Waals surface area contributed by atoms with E-state index >= 15 is 0 Å². The molecule has 56 heavy (non-hydrogen) atoms. The van der Waals surface area contributed by atoms with Gasteiger partial charge in [-0.15, -0.1) is 0 Å². The summed E-state index contributed by atoms with van der Waals surface area (Å²) in [5, 5.41) is 39.1. The fourth-order valence-electron chi connectivity index (χ4n) is 6.85. The van der Waals surface area contributed by atoms with E-state index in [0.717, 1.165) is 57.3 Å². The van der Waals surface area contributed by atoms with Crippen molar-refractivity contribution < 1.29 is 62.8 Å². The number of carbonyl (C=O) groups is 3. The molecule has 5 N–H and O–H groups in total. The molecular formula is C42H77O13P. The minimum Gasteiger partial charge on any atom is -0.462 e. The molecule has 1 rings (SSSR count). The van der Waals surface area contributed by atoms with Gasteiger partial charge in [-0.1, -0.05) is 136 Å². The maximum absolute atomic E-state index is 12.6. The van der Waals surface area contributed by atoms with Crippen molar-refractivity contribution in [3.63, 3.8) is 0 Å². The largest absolute Gasteiger partial charge is 0.472 e. The Hall–Kier alpha value is -1.70. The van der Waals surface area contributed by atoms with Crippen LogP contribution >= 0.6 is 7.82 Å². The lowest BCUT2D eigenvalue weighted by molar-refractivity contribution is -0.161. The summed E-state index contributed by atoms with van der Waals surface area (Å²) in [6.07, 6.45) is 19.5. The van der Waals surface area contributed by atoms with Crippen LogP contribution < -0.4 is 0 Å². The standard InChI is InChI=1S/C42H77O13P/c1-4-5-16-22-34(44)26-27-38-37(39(46)28-40(38)47)23-18-14-15-19-24-41(48)52-31-36(32-54-56(50,51)53-30-35(45)29-43)55-42(49)25-20-13-11-9-7-6-8-10-12-17-21-33(2)3/h26-27,33-39,43-46H,4-25,28-32H2,1-3H3,(H,50,51)/b27-26+/t34-,35-,36+,37+,38+,39-/m0/s1. The Morgan fingerprint density at radius 2 is 1.34 bits per heavy atom. The summed E-state index contributed by atoms with van der Waals surface area (Å²) in [4.78, 5) is 47.7. The van der Waals surface area contributed by atoms with Gasteiger partial charge < -0.3 is 34.8 Å². The van der Waals surface area contributed by atoms with Crippen LogP contribution in [-0.4, -0.2) is 93.9 Å². The Kier molecular flexibility index (Phi) is 30.1. The summed E-state index contributed by atoms with van der Waals surface area (Å²) < 4.78 is 32.7. The number of rotatable bonds is 36. The van der Waals surface area contributed by atoms with E-state index in [9.17, 15) is 39.2 Å². The van der Waals surface area contributed by atoms with Gasteiger partial charge in [-0.05, 0) is 37.5 Å². The van der Waals surface area contributed by atoms with E-state index in [1.165, 1.54) is 44.9 Å². The third kappa shape index (κ3) is 27.1. The Balaban J connectivity index is 2.45. The van der Waals surface area contributed by atoms with Gasteiger partial charge in [0.25, 0.3) is 0 Å². The second kappa shape index (κ2) is 32.2. The predicted octanol–water partition coefficient (Wildman–Crippen LogP) is 7.67. The van der Waals surface area contributed by atoms with E-state index in [4.69, 9.17) is 19.1 Å². The smallest absolute Gasteiger partial charge is 0.462 e. The highest BCUT2D eigenvalue weighted by atomic mass is 31.2. The van der Waals surface area contributed by atoms with Crippen molar-refractivity contribution in [3.8, 4) is 0 Å². The molecule has 0 spiro atoms. The lowest BCUT2D eigenvalue weighted by Crippen LogP contribution is -2.29. The quantitative estimate of drug-likeness (QED) is 0.0178. The van der Waals surface area contributed by atoms with Gasteiger partial charge in [-0.3, -0.25) is 23.4 Å². The van der Waals surface area contributed by atoms with Crippen molar-refractivity contribution in [2.45, 2.75) is 193 Å². The molecule has 0 aromatic rings. The molecule has 0 aromatic carbocycles. The van der Waals surface area contributed by atoms with Crippen molar-refractivity contribution in [2.24, 2.45) is 17.8 Å². The zero-order valence-electron chi connectivity index (χ0n) is 34.7. The van der Waals surface area contributed by atoms with E-state index in [-0.39, 0.29) is 31.0 Å². The van der Waals surface area contributed by atoms with Crippen molar-refractivity contribution in [3.05, 3.63) is 12.2 Å². The number of phosphoric acid groups is 1. The summed E-state index contributed by atoms with van der Waals surface area (Å²) >= 11 is 0. The van der Waals surface area contributed by atoms with Gasteiger partial charge in [0.05, 0.1) is 32.0 Å². The maximum Gasteiger partial charge on any atom is 0.472 e. The van der Waals surface area contributed by atoms with Crippen LogP contribution in [-0.2, 0) is 37.5 Å². The highest BCUT2D eigenvalue weighted by molar-refractivity contribution is 7.47. The van der Waals surface area contributed by atoms with Crippen LogP contribution in [0, 0.1) is 17.8 Å². The number of phosphoric ester groups is 1. The number of aliphatic hydroxyl groups excluding tert-OH is 4. The first-order valence-electron chi connectivity index (χ1n) is 21.6. The van der Waals surface area contributed by atoms with Crippen molar-refractivity contribution in [1.29, 1.82) is 0 Å². The molecule has 1 saturated carbocycles. The van der Waals surface area contributed by atoms with E-state index in [0.29, 0.717) is 32.1 Å². The lowest BCUT2D eigenvalue weighted by atomic mass is 9.88. The molecule has 13 nitrogen and oxygen atoms in total. The van der Waals surface area contributed by atoms with Crippen LogP contribution in [0.25, 0.3) is 0 Å². The third-order valence-electron chi connectivity index (χ3n) is 10.3. The lowest BCUT2D eigenvalue weighted by Gasteiger charge is -2.20. The Labute approximate surface area is 336 Å². The Morgan fingerprint density at radius 3 is 1.95 bits per heavy atom. The molecule has 1 fully saturated rings. The average molecular weight is 821 g/mol. The maximum atomic E-state index is 12.6. The first-order valence-corrected chi connectivity index (χ1v) is 23.1. The molecule has 0 aliphatic heterocycles. The van der Waals surface area contributed by atoms with Crippen LogP contribution in [0.2, 0.25) is 0 Å². The minimum atomic E-state index is -4.67. The summed E-state index contributed by atoms with van der Waals surface area (Å²) in [6, 6.07) is 0. The molecule has 14 heteroatoms. The molecule has 0 bridgehead atoms. The van der Waals surface area contributed by atoms with Gasteiger partial charge in [0.2, 0.25) is 0 Å². The van der Waals surface area contributed by atoms with Crippen LogP contribution in [0.4, 0.5) is 0 Å². The summed E-state index contributed by atoms with van der Waals surface area (Å²) in [6.45, 7) is 4.30. The fraction of sp³-hybridized carbons (Fsp3) is 0.881. The van der Waals surface area contributed by atoms with Gasteiger partial charge in [-0.2, -0.15) is 0 Å².